The highest BCUT2D eigenvalue weighted by Crippen LogP contribution is 2.28. The van der Waals surface area contributed by atoms with Crippen LogP contribution in [0.1, 0.15) is 27.2 Å². The van der Waals surface area contributed by atoms with Crippen LogP contribution in [-0.2, 0) is 9.53 Å². The van der Waals surface area contributed by atoms with Crippen LogP contribution in [0.5, 0.6) is 0 Å². The van der Waals surface area contributed by atoms with Gasteiger partial charge in [-0.15, -0.1) is 0 Å². The van der Waals surface area contributed by atoms with Gasteiger partial charge in [0.2, 0.25) is 5.78 Å². The van der Waals surface area contributed by atoms with Gasteiger partial charge < -0.3 is 4.74 Å². The highest BCUT2D eigenvalue weighted by Gasteiger charge is 2.28. The van der Waals surface area contributed by atoms with Crippen LogP contribution in [0.15, 0.2) is 11.8 Å². The third-order valence-corrected chi connectivity index (χ3v) is 2.13. The minimum Gasteiger partial charge on any atom is -0.495 e. The minimum absolute atomic E-state index is 0.0504. The molecular weight excluding hydrogens is 246 g/mol. The fourth-order valence-electron chi connectivity index (χ4n) is 0.701. The Morgan fingerprint density at radius 1 is 1.50 bits per heavy atom. The second-order valence-electron chi connectivity index (χ2n) is 2.95. The highest BCUT2D eigenvalue weighted by molar-refractivity contribution is 6.77. The summed E-state index contributed by atoms with van der Waals surface area (Å²) in [6, 6.07) is 0. The number of ketones is 1. The van der Waals surface area contributed by atoms with Crippen molar-refractivity contribution in [3.05, 3.63) is 11.8 Å². The van der Waals surface area contributed by atoms with Gasteiger partial charge in [-0.3, -0.25) is 4.79 Å². The molecule has 0 aliphatic rings. The molecule has 0 heterocycles. The van der Waals surface area contributed by atoms with E-state index in [4.69, 9.17) is 39.5 Å². The maximum absolute atomic E-state index is 11.2. The van der Waals surface area contributed by atoms with Crippen molar-refractivity contribution < 1.29 is 9.53 Å². The molecule has 0 amide bonds. The lowest BCUT2D eigenvalue weighted by atomic mass is 10.3. The van der Waals surface area contributed by atoms with E-state index in [0.29, 0.717) is 5.76 Å². The lowest BCUT2D eigenvalue weighted by molar-refractivity contribution is -0.114. The molecule has 1 atom stereocenters. The zero-order chi connectivity index (χ0) is 11.4. The van der Waals surface area contributed by atoms with Crippen molar-refractivity contribution in [3.8, 4) is 0 Å². The number of carbonyl (C=O) groups is 1. The predicted octanol–water partition coefficient (Wildman–Crippen LogP) is 3.64. The molecule has 0 aromatic heterocycles. The standard InChI is InChI=1S/C9H13Cl3O2/c1-4-6(2)14-7(3)5-8(13)9(10,11)12/h5-6H,4H2,1-3H3/b7-5+. The van der Waals surface area contributed by atoms with Crippen molar-refractivity contribution in [2.75, 3.05) is 0 Å². The van der Waals surface area contributed by atoms with Gasteiger partial charge in [0.15, 0.2) is 0 Å². The Hall–Kier alpha value is 0.0800. The molecule has 0 N–H and O–H groups in total. The number of rotatable bonds is 4. The number of halogens is 3. The molecule has 0 aliphatic carbocycles. The van der Waals surface area contributed by atoms with Crippen LogP contribution in [0.2, 0.25) is 0 Å². The van der Waals surface area contributed by atoms with E-state index in [-0.39, 0.29) is 6.10 Å². The number of carbonyl (C=O) groups excluding carboxylic acids is 1. The normalized spacial score (nSPS) is 15.1. The first-order chi connectivity index (χ1) is 6.27. The minimum atomic E-state index is -1.90. The Bertz CT molecular complexity index is 231. The van der Waals surface area contributed by atoms with Crippen LogP contribution in [0, 0.1) is 0 Å². The van der Waals surface area contributed by atoms with Gasteiger partial charge in [0.05, 0.1) is 11.9 Å². The van der Waals surface area contributed by atoms with Gasteiger partial charge in [-0.2, -0.15) is 0 Å². The third kappa shape index (κ3) is 5.74. The number of allylic oxidation sites excluding steroid dienone is 2. The van der Waals surface area contributed by atoms with Crippen LogP contribution in [0.25, 0.3) is 0 Å². The van der Waals surface area contributed by atoms with E-state index in [1.165, 1.54) is 6.08 Å². The average Bonchev–Trinajstić information content (AvgIpc) is 2.02. The van der Waals surface area contributed by atoms with Gasteiger partial charge in [0.1, 0.15) is 0 Å². The number of ether oxygens (including phenoxy) is 1. The molecular formula is C9H13Cl3O2. The molecule has 14 heavy (non-hydrogen) atoms. The Labute approximate surface area is 99.2 Å². The Balaban J connectivity index is 4.31. The summed E-state index contributed by atoms with van der Waals surface area (Å²) in [5, 5.41) is 0. The number of hydrogen-bond acceptors (Lipinski definition) is 2. The number of alkyl halides is 3. The zero-order valence-corrected chi connectivity index (χ0v) is 10.6. The van der Waals surface area contributed by atoms with Gasteiger partial charge in [-0.25, -0.2) is 0 Å². The highest BCUT2D eigenvalue weighted by atomic mass is 35.6. The van der Waals surface area contributed by atoms with E-state index in [1.54, 1.807) is 6.92 Å². The third-order valence-electron chi connectivity index (χ3n) is 1.58. The van der Waals surface area contributed by atoms with Crippen molar-refractivity contribution in [1.29, 1.82) is 0 Å². The molecule has 0 radical (unpaired) electrons. The van der Waals surface area contributed by atoms with Gasteiger partial charge in [-0.1, -0.05) is 41.7 Å². The van der Waals surface area contributed by atoms with Crippen LogP contribution in [0.3, 0.4) is 0 Å². The Morgan fingerprint density at radius 2 is 2.00 bits per heavy atom. The summed E-state index contributed by atoms with van der Waals surface area (Å²) >= 11 is 16.1. The predicted molar refractivity (Wildman–Crippen MR) is 59.9 cm³/mol. The molecule has 0 aliphatic heterocycles. The quantitative estimate of drug-likeness (QED) is 0.438. The SMILES string of the molecule is CCC(C)O/C(C)=C/C(=O)C(Cl)(Cl)Cl. The van der Waals surface area contributed by atoms with Crippen LogP contribution >= 0.6 is 34.8 Å². The largest absolute Gasteiger partial charge is 0.495 e. The lowest BCUT2D eigenvalue weighted by Gasteiger charge is -2.13. The summed E-state index contributed by atoms with van der Waals surface area (Å²) in [5.74, 6) is -0.140. The molecule has 82 valence electrons. The van der Waals surface area contributed by atoms with Gasteiger partial charge >= 0.3 is 0 Å². The summed E-state index contributed by atoms with van der Waals surface area (Å²) in [5.41, 5.74) is 0. The molecule has 0 aromatic carbocycles. The Kier molecular flexibility index (Phi) is 5.87. The maximum Gasteiger partial charge on any atom is 0.252 e. The summed E-state index contributed by atoms with van der Waals surface area (Å²) in [7, 11) is 0. The van der Waals surface area contributed by atoms with Crippen molar-refractivity contribution in [3.63, 3.8) is 0 Å². The summed E-state index contributed by atoms with van der Waals surface area (Å²) in [6.07, 6.45) is 2.10. The van der Waals surface area contributed by atoms with Crippen LogP contribution in [-0.4, -0.2) is 15.7 Å². The van der Waals surface area contributed by atoms with Gasteiger partial charge in [0.25, 0.3) is 3.79 Å². The van der Waals surface area contributed by atoms with Crippen molar-refractivity contribution in [1.82, 2.24) is 0 Å². The van der Waals surface area contributed by atoms with E-state index in [0.717, 1.165) is 6.42 Å². The van der Waals surface area contributed by atoms with E-state index >= 15 is 0 Å². The second-order valence-corrected chi connectivity index (χ2v) is 5.23. The van der Waals surface area contributed by atoms with E-state index in [2.05, 4.69) is 0 Å². The zero-order valence-electron chi connectivity index (χ0n) is 8.31. The second kappa shape index (κ2) is 5.84. The summed E-state index contributed by atoms with van der Waals surface area (Å²) in [4.78, 5) is 11.2. The van der Waals surface area contributed by atoms with E-state index < -0.39 is 9.58 Å². The lowest BCUT2D eigenvalue weighted by Crippen LogP contribution is -2.17. The molecule has 0 saturated carbocycles. The molecule has 0 fully saturated rings. The summed E-state index contributed by atoms with van der Waals surface area (Å²) in [6.45, 7) is 5.53. The number of hydrogen-bond donors (Lipinski definition) is 0. The Morgan fingerprint density at radius 3 is 2.36 bits per heavy atom. The first-order valence-electron chi connectivity index (χ1n) is 4.23. The summed E-state index contributed by atoms with van der Waals surface area (Å²) < 4.78 is 3.43. The monoisotopic (exact) mass is 258 g/mol. The van der Waals surface area contributed by atoms with E-state index in [9.17, 15) is 4.79 Å². The molecule has 0 aromatic rings. The molecule has 0 rings (SSSR count). The smallest absolute Gasteiger partial charge is 0.252 e. The molecule has 1 unspecified atom stereocenters. The molecule has 0 saturated heterocycles. The van der Waals surface area contributed by atoms with E-state index in [1.807, 2.05) is 13.8 Å². The van der Waals surface area contributed by atoms with Crippen LogP contribution < -0.4 is 0 Å². The first-order valence-corrected chi connectivity index (χ1v) is 5.36. The van der Waals surface area contributed by atoms with Gasteiger partial charge in [0, 0.05) is 6.08 Å². The molecule has 0 bridgehead atoms. The maximum atomic E-state index is 11.2. The fourth-order valence-corrected chi connectivity index (χ4v) is 0.865. The fraction of sp³-hybridized carbons (Fsp3) is 0.667. The average molecular weight is 260 g/mol. The van der Waals surface area contributed by atoms with Crippen LogP contribution in [0.4, 0.5) is 0 Å². The topological polar surface area (TPSA) is 26.3 Å². The molecule has 2 nitrogen and oxygen atoms in total. The molecule has 5 heteroatoms. The molecule has 0 spiro atoms. The van der Waals surface area contributed by atoms with Crippen molar-refractivity contribution in [2.45, 2.75) is 37.1 Å². The van der Waals surface area contributed by atoms with Gasteiger partial charge in [-0.05, 0) is 20.3 Å². The van der Waals surface area contributed by atoms with Crippen molar-refractivity contribution in [2.24, 2.45) is 0 Å². The van der Waals surface area contributed by atoms with Crippen molar-refractivity contribution >= 4 is 40.6 Å². The first kappa shape index (κ1) is 14.1.